The van der Waals surface area contributed by atoms with Gasteiger partial charge in [-0.25, -0.2) is 0 Å². The van der Waals surface area contributed by atoms with Crippen LogP contribution < -0.4 is 5.73 Å². The first-order chi connectivity index (χ1) is 4.41. The van der Waals surface area contributed by atoms with Crippen LogP contribution in [0.4, 0.5) is 0 Å². The van der Waals surface area contributed by atoms with Crippen molar-refractivity contribution < 1.29 is 0 Å². The number of nitrogens with two attached hydrogens (primary N) is 1. The van der Waals surface area contributed by atoms with Gasteiger partial charge in [0.05, 0.1) is 0 Å². The second kappa shape index (κ2) is 3.63. The maximum absolute atomic E-state index is 5.98. The predicted octanol–water partition coefficient (Wildman–Crippen LogP) is 2.11. The van der Waals surface area contributed by atoms with Crippen molar-refractivity contribution >= 4 is 11.8 Å². The summed E-state index contributed by atoms with van der Waals surface area (Å²) >= 11 is 1.84. The first-order valence-corrected chi connectivity index (χ1v) is 4.95. The van der Waals surface area contributed by atoms with E-state index in [0.29, 0.717) is 12.0 Å². The minimum Gasteiger partial charge on any atom is -0.326 e. The molecule has 0 aromatic rings. The van der Waals surface area contributed by atoms with Gasteiger partial charge in [0.2, 0.25) is 0 Å². The van der Waals surface area contributed by atoms with E-state index in [1.54, 1.807) is 0 Å². The molecule has 0 aliphatic heterocycles. The summed E-state index contributed by atoms with van der Waals surface area (Å²) in [7, 11) is 0. The van der Waals surface area contributed by atoms with E-state index in [9.17, 15) is 0 Å². The summed E-state index contributed by atoms with van der Waals surface area (Å²) in [5.41, 5.74) is 5.98. The average Bonchev–Trinajstić information content (AvgIpc) is 1.86. The lowest BCUT2D eigenvalue weighted by atomic mass is 9.93. The van der Waals surface area contributed by atoms with Gasteiger partial charge in [-0.3, -0.25) is 0 Å². The van der Waals surface area contributed by atoms with Crippen molar-refractivity contribution in [2.75, 3.05) is 6.26 Å². The standard InChI is InChI=1S/C8H19NS/c1-6(2)7(9)8(3,4)10-5/h6-7H,9H2,1-5H3. The molecular formula is C8H19NS. The molecule has 0 saturated carbocycles. The van der Waals surface area contributed by atoms with Crippen LogP contribution in [-0.4, -0.2) is 17.0 Å². The molecule has 10 heavy (non-hydrogen) atoms. The third-order valence-electron chi connectivity index (χ3n) is 2.05. The molecule has 0 rings (SSSR count). The molecule has 1 atom stereocenters. The fraction of sp³-hybridized carbons (Fsp3) is 1.00. The molecule has 2 N–H and O–H groups in total. The number of thioether (sulfide) groups is 1. The summed E-state index contributed by atoms with van der Waals surface area (Å²) in [5, 5.41) is 0. The molecule has 0 heterocycles. The van der Waals surface area contributed by atoms with Crippen LogP contribution in [0.5, 0.6) is 0 Å². The molecule has 2 heteroatoms. The van der Waals surface area contributed by atoms with Crippen molar-refractivity contribution in [3.8, 4) is 0 Å². The van der Waals surface area contributed by atoms with E-state index in [-0.39, 0.29) is 4.75 Å². The molecule has 0 spiro atoms. The van der Waals surface area contributed by atoms with Crippen LogP contribution in [0.15, 0.2) is 0 Å². The SMILES string of the molecule is CSC(C)(C)C(N)C(C)C. The maximum atomic E-state index is 5.98. The minimum atomic E-state index is 0.216. The summed E-state index contributed by atoms with van der Waals surface area (Å²) < 4.78 is 0.216. The van der Waals surface area contributed by atoms with Crippen LogP contribution in [0.1, 0.15) is 27.7 Å². The highest BCUT2D eigenvalue weighted by Crippen LogP contribution is 2.27. The van der Waals surface area contributed by atoms with Gasteiger partial charge in [0.25, 0.3) is 0 Å². The Kier molecular flexibility index (Phi) is 3.74. The first kappa shape index (κ1) is 10.3. The van der Waals surface area contributed by atoms with E-state index in [4.69, 9.17) is 5.73 Å². The van der Waals surface area contributed by atoms with Crippen LogP contribution in [0, 0.1) is 5.92 Å². The lowest BCUT2D eigenvalue weighted by Gasteiger charge is -2.32. The Labute approximate surface area is 68.8 Å². The van der Waals surface area contributed by atoms with Crippen molar-refractivity contribution in [2.24, 2.45) is 11.7 Å². The van der Waals surface area contributed by atoms with E-state index in [1.165, 1.54) is 0 Å². The quantitative estimate of drug-likeness (QED) is 0.686. The van der Waals surface area contributed by atoms with E-state index in [1.807, 2.05) is 11.8 Å². The third-order valence-corrected chi connectivity index (χ3v) is 3.37. The van der Waals surface area contributed by atoms with Gasteiger partial charge in [0.1, 0.15) is 0 Å². The van der Waals surface area contributed by atoms with Gasteiger partial charge >= 0.3 is 0 Å². The molecule has 0 fully saturated rings. The van der Waals surface area contributed by atoms with Crippen LogP contribution in [0.2, 0.25) is 0 Å². The number of rotatable bonds is 3. The highest BCUT2D eigenvalue weighted by atomic mass is 32.2. The summed E-state index contributed by atoms with van der Waals surface area (Å²) in [6, 6.07) is 0.294. The highest BCUT2D eigenvalue weighted by molar-refractivity contribution is 8.00. The predicted molar refractivity (Wildman–Crippen MR) is 50.4 cm³/mol. The fourth-order valence-electron chi connectivity index (χ4n) is 0.939. The molecule has 0 aliphatic carbocycles. The zero-order valence-electron chi connectivity index (χ0n) is 7.64. The molecule has 62 valence electrons. The number of hydrogen-bond donors (Lipinski definition) is 1. The van der Waals surface area contributed by atoms with E-state index < -0.39 is 0 Å². The molecule has 1 unspecified atom stereocenters. The Morgan fingerprint density at radius 1 is 1.30 bits per heavy atom. The Morgan fingerprint density at radius 2 is 1.70 bits per heavy atom. The Morgan fingerprint density at radius 3 is 1.80 bits per heavy atom. The number of hydrogen-bond acceptors (Lipinski definition) is 2. The first-order valence-electron chi connectivity index (χ1n) is 3.72. The van der Waals surface area contributed by atoms with Gasteiger partial charge in [-0.2, -0.15) is 11.8 Å². The molecule has 0 aliphatic rings. The zero-order chi connectivity index (χ0) is 8.36. The van der Waals surface area contributed by atoms with E-state index in [0.717, 1.165) is 0 Å². The van der Waals surface area contributed by atoms with Crippen molar-refractivity contribution in [1.29, 1.82) is 0 Å². The normalized spacial score (nSPS) is 15.9. The molecule has 0 saturated heterocycles. The Bertz CT molecular complexity index is 99.4. The van der Waals surface area contributed by atoms with Crippen molar-refractivity contribution in [3.63, 3.8) is 0 Å². The highest BCUT2D eigenvalue weighted by Gasteiger charge is 2.27. The van der Waals surface area contributed by atoms with Gasteiger partial charge in [-0.15, -0.1) is 0 Å². The zero-order valence-corrected chi connectivity index (χ0v) is 8.46. The topological polar surface area (TPSA) is 26.0 Å². The van der Waals surface area contributed by atoms with Crippen LogP contribution in [-0.2, 0) is 0 Å². The van der Waals surface area contributed by atoms with Gasteiger partial charge in [0.15, 0.2) is 0 Å². The summed E-state index contributed by atoms with van der Waals surface area (Å²) in [6.07, 6.45) is 2.11. The Hall–Kier alpha value is 0.310. The average molecular weight is 161 g/mol. The largest absolute Gasteiger partial charge is 0.326 e. The lowest BCUT2D eigenvalue weighted by Crippen LogP contribution is -2.44. The fourth-order valence-corrected chi connectivity index (χ4v) is 1.48. The smallest absolute Gasteiger partial charge is 0.0254 e. The van der Waals surface area contributed by atoms with Crippen molar-refractivity contribution in [3.05, 3.63) is 0 Å². The molecule has 0 aromatic heterocycles. The second-order valence-electron chi connectivity index (χ2n) is 3.58. The van der Waals surface area contributed by atoms with Crippen LogP contribution >= 0.6 is 11.8 Å². The summed E-state index contributed by atoms with van der Waals surface area (Å²) in [6.45, 7) is 8.73. The molecule has 0 bridgehead atoms. The van der Waals surface area contributed by atoms with Crippen molar-refractivity contribution in [2.45, 2.75) is 38.5 Å². The van der Waals surface area contributed by atoms with Gasteiger partial charge < -0.3 is 5.73 Å². The van der Waals surface area contributed by atoms with Gasteiger partial charge in [0, 0.05) is 10.8 Å². The Balaban J connectivity index is 4.03. The van der Waals surface area contributed by atoms with Gasteiger partial charge in [-0.1, -0.05) is 13.8 Å². The lowest BCUT2D eigenvalue weighted by molar-refractivity contribution is 0.418. The minimum absolute atomic E-state index is 0.216. The molecule has 1 nitrogen and oxygen atoms in total. The van der Waals surface area contributed by atoms with Crippen LogP contribution in [0.25, 0.3) is 0 Å². The third kappa shape index (κ3) is 2.51. The monoisotopic (exact) mass is 161 g/mol. The van der Waals surface area contributed by atoms with E-state index in [2.05, 4.69) is 34.0 Å². The molecule has 0 aromatic carbocycles. The molecule has 0 radical (unpaired) electrons. The van der Waals surface area contributed by atoms with Gasteiger partial charge in [-0.05, 0) is 26.0 Å². The maximum Gasteiger partial charge on any atom is 0.0254 e. The van der Waals surface area contributed by atoms with E-state index >= 15 is 0 Å². The summed E-state index contributed by atoms with van der Waals surface area (Å²) in [5.74, 6) is 0.572. The molecular weight excluding hydrogens is 142 g/mol. The van der Waals surface area contributed by atoms with Crippen LogP contribution in [0.3, 0.4) is 0 Å². The second-order valence-corrected chi connectivity index (χ2v) is 5.04. The van der Waals surface area contributed by atoms with Crippen molar-refractivity contribution in [1.82, 2.24) is 0 Å². The molecule has 0 amide bonds. The summed E-state index contributed by atoms with van der Waals surface area (Å²) in [4.78, 5) is 0.